The van der Waals surface area contributed by atoms with Crippen molar-refractivity contribution in [3.8, 4) is 23.7 Å². The van der Waals surface area contributed by atoms with Gasteiger partial charge in [0.25, 0.3) is 5.91 Å². The van der Waals surface area contributed by atoms with Crippen molar-refractivity contribution in [1.82, 2.24) is 14.9 Å². The standard InChI is InChI=1S/C21H25N3O7S/c1-21(19(27)22-29,32(2,30)31)7-8-23-12-16-9-14(11-24(16)20(23)28)5-3-4-6-15-10-17(15)18(26)13-25/h9,11,15,17-18,25-26,29H,7-8,10,12-13H2,1-2H3,(H,22,27)/t15-,17-,18-,21?/m1/s1. The van der Waals surface area contributed by atoms with Crippen LogP contribution < -0.4 is 5.48 Å². The minimum Gasteiger partial charge on any atom is -0.394 e. The molecular formula is C21H25N3O7S. The lowest BCUT2D eigenvalue weighted by Gasteiger charge is -2.27. The molecule has 0 radical (unpaired) electrons. The summed E-state index contributed by atoms with van der Waals surface area (Å²) in [5.41, 5.74) is 2.66. The molecule has 10 nitrogen and oxygen atoms in total. The summed E-state index contributed by atoms with van der Waals surface area (Å²) in [6.07, 6.45) is 2.28. The monoisotopic (exact) mass is 463 g/mol. The number of fused-ring (bicyclic) bond motifs is 1. The Balaban J connectivity index is 1.61. The number of carbonyl (C=O) groups is 2. The number of rotatable bonds is 7. The van der Waals surface area contributed by atoms with E-state index in [0.717, 1.165) is 12.7 Å². The lowest BCUT2D eigenvalue weighted by atomic mass is 10.1. The van der Waals surface area contributed by atoms with Gasteiger partial charge in [-0.1, -0.05) is 11.8 Å². The smallest absolute Gasteiger partial charge is 0.328 e. The molecule has 172 valence electrons. The van der Waals surface area contributed by atoms with Crippen molar-refractivity contribution in [3.05, 3.63) is 23.5 Å². The fourth-order valence-corrected chi connectivity index (χ4v) is 4.42. The van der Waals surface area contributed by atoms with Gasteiger partial charge in [-0.2, -0.15) is 0 Å². The SMILES string of the molecule is CC(CCN1Cc2cc(C#CC#C[C@@H]3C[C@H]3[C@H](O)CO)cn2C1=O)(C(=O)NO)S(C)(=O)=O. The van der Waals surface area contributed by atoms with E-state index in [2.05, 4.69) is 23.7 Å². The van der Waals surface area contributed by atoms with E-state index in [1.165, 1.54) is 21.9 Å². The summed E-state index contributed by atoms with van der Waals surface area (Å²) >= 11 is 0. The highest BCUT2D eigenvalue weighted by Gasteiger charge is 2.44. The first-order chi connectivity index (χ1) is 15.0. The largest absolute Gasteiger partial charge is 0.394 e. The van der Waals surface area contributed by atoms with Crippen LogP contribution in [0.1, 0.15) is 31.0 Å². The predicted molar refractivity (Wildman–Crippen MR) is 113 cm³/mol. The minimum absolute atomic E-state index is 0.00619. The van der Waals surface area contributed by atoms with Gasteiger partial charge in [0.2, 0.25) is 0 Å². The zero-order valence-corrected chi connectivity index (χ0v) is 18.5. The number of aromatic nitrogens is 1. The zero-order valence-electron chi connectivity index (χ0n) is 17.7. The molecule has 0 spiro atoms. The van der Waals surface area contributed by atoms with Gasteiger partial charge in [0.15, 0.2) is 14.6 Å². The van der Waals surface area contributed by atoms with Crippen molar-refractivity contribution in [2.24, 2.45) is 11.8 Å². The lowest BCUT2D eigenvalue weighted by Crippen LogP contribution is -2.50. The second kappa shape index (κ2) is 8.96. The summed E-state index contributed by atoms with van der Waals surface area (Å²) in [6, 6.07) is 1.37. The molecule has 1 aromatic rings. The molecule has 1 unspecified atom stereocenters. The molecule has 4 N–H and O–H groups in total. The van der Waals surface area contributed by atoms with Crippen LogP contribution in [0.5, 0.6) is 0 Å². The summed E-state index contributed by atoms with van der Waals surface area (Å²) in [7, 11) is -3.84. The van der Waals surface area contributed by atoms with Crippen molar-refractivity contribution >= 4 is 21.8 Å². The summed E-state index contributed by atoms with van der Waals surface area (Å²) in [5.74, 6) is 10.2. The number of nitrogens with one attached hydrogen (secondary N) is 1. The van der Waals surface area contributed by atoms with Crippen molar-refractivity contribution < 1.29 is 33.4 Å². The number of carbonyl (C=O) groups excluding carboxylic acids is 2. The van der Waals surface area contributed by atoms with E-state index >= 15 is 0 Å². The Morgan fingerprint density at radius 3 is 2.72 bits per heavy atom. The maximum atomic E-state index is 12.6. The summed E-state index contributed by atoms with van der Waals surface area (Å²) in [5, 5.41) is 27.3. The van der Waals surface area contributed by atoms with E-state index in [9.17, 15) is 23.1 Å². The number of amides is 2. The van der Waals surface area contributed by atoms with Gasteiger partial charge in [-0.3, -0.25) is 14.6 Å². The summed E-state index contributed by atoms with van der Waals surface area (Å²) in [4.78, 5) is 26.0. The number of hydrogen-bond acceptors (Lipinski definition) is 7. The number of nitrogens with zero attached hydrogens (tertiary/aromatic N) is 2. The number of aliphatic hydroxyl groups is 2. The molecular weight excluding hydrogens is 438 g/mol. The van der Waals surface area contributed by atoms with Gasteiger partial charge >= 0.3 is 6.03 Å². The predicted octanol–water partition coefficient (Wildman–Crippen LogP) is -0.685. The van der Waals surface area contributed by atoms with Gasteiger partial charge in [0, 0.05) is 42.1 Å². The molecule has 2 amide bonds. The number of aliphatic hydroxyl groups excluding tert-OH is 2. The van der Waals surface area contributed by atoms with Gasteiger partial charge < -0.3 is 15.1 Å². The Labute approximate surface area is 186 Å². The van der Waals surface area contributed by atoms with E-state index in [4.69, 9.17) is 10.3 Å². The van der Waals surface area contributed by atoms with Crippen LogP contribution in [-0.4, -0.2) is 75.5 Å². The third-order valence-electron chi connectivity index (χ3n) is 6.04. The Morgan fingerprint density at radius 1 is 1.41 bits per heavy atom. The van der Waals surface area contributed by atoms with E-state index in [-0.39, 0.29) is 44.0 Å². The van der Waals surface area contributed by atoms with Crippen LogP contribution in [0, 0.1) is 35.5 Å². The Hall–Kier alpha value is -2.83. The molecule has 1 saturated carbocycles. The van der Waals surface area contributed by atoms with Crippen molar-refractivity contribution in [3.63, 3.8) is 0 Å². The highest BCUT2D eigenvalue weighted by Crippen LogP contribution is 2.40. The average molecular weight is 464 g/mol. The van der Waals surface area contributed by atoms with Crippen LogP contribution in [-0.2, 0) is 21.2 Å². The maximum Gasteiger partial charge on any atom is 0.328 e. The van der Waals surface area contributed by atoms with E-state index in [1.54, 1.807) is 12.3 Å². The van der Waals surface area contributed by atoms with E-state index in [0.29, 0.717) is 11.3 Å². The first-order valence-corrected chi connectivity index (χ1v) is 11.9. The molecule has 1 aliphatic heterocycles. The minimum atomic E-state index is -3.84. The van der Waals surface area contributed by atoms with Crippen LogP contribution in [0.25, 0.3) is 0 Å². The van der Waals surface area contributed by atoms with Crippen molar-refractivity contribution in [1.29, 1.82) is 0 Å². The van der Waals surface area contributed by atoms with Crippen LogP contribution >= 0.6 is 0 Å². The molecule has 2 heterocycles. The van der Waals surface area contributed by atoms with E-state index in [1.807, 2.05) is 0 Å². The molecule has 0 aromatic carbocycles. The number of sulfone groups is 1. The van der Waals surface area contributed by atoms with Crippen LogP contribution in [0.4, 0.5) is 4.79 Å². The quantitative estimate of drug-likeness (QED) is 0.238. The fourth-order valence-electron chi connectivity index (χ4n) is 3.57. The zero-order chi connectivity index (χ0) is 23.7. The fraction of sp³-hybridized carbons (Fsp3) is 0.524. The Bertz CT molecular complexity index is 1150. The van der Waals surface area contributed by atoms with Crippen LogP contribution in [0.2, 0.25) is 0 Å². The third-order valence-corrected chi connectivity index (χ3v) is 8.06. The molecule has 1 fully saturated rings. The Morgan fingerprint density at radius 2 is 2.12 bits per heavy atom. The number of hydroxylamine groups is 1. The molecule has 0 saturated heterocycles. The first-order valence-electron chi connectivity index (χ1n) is 9.97. The molecule has 1 aromatic heterocycles. The second-order valence-electron chi connectivity index (χ2n) is 8.26. The summed E-state index contributed by atoms with van der Waals surface area (Å²) < 4.78 is 23.7. The molecule has 0 bridgehead atoms. The molecule has 2 aliphatic rings. The van der Waals surface area contributed by atoms with E-state index < -0.39 is 26.6 Å². The van der Waals surface area contributed by atoms with Gasteiger partial charge in [-0.25, -0.2) is 18.7 Å². The van der Waals surface area contributed by atoms with Crippen molar-refractivity contribution in [2.75, 3.05) is 19.4 Å². The van der Waals surface area contributed by atoms with Crippen LogP contribution in [0.15, 0.2) is 12.3 Å². The molecule has 4 atom stereocenters. The maximum absolute atomic E-state index is 12.6. The van der Waals surface area contributed by atoms with Gasteiger partial charge in [-0.05, 0) is 37.7 Å². The lowest BCUT2D eigenvalue weighted by molar-refractivity contribution is -0.131. The highest BCUT2D eigenvalue weighted by atomic mass is 32.2. The Kier molecular flexibility index (Phi) is 6.67. The number of hydrogen-bond donors (Lipinski definition) is 4. The molecule has 32 heavy (non-hydrogen) atoms. The van der Waals surface area contributed by atoms with Crippen molar-refractivity contribution in [2.45, 2.75) is 37.2 Å². The second-order valence-corrected chi connectivity index (χ2v) is 10.7. The third kappa shape index (κ3) is 4.66. The average Bonchev–Trinajstić information content (AvgIpc) is 3.32. The summed E-state index contributed by atoms with van der Waals surface area (Å²) in [6.45, 7) is 1.16. The topological polar surface area (TPSA) is 149 Å². The normalized spacial score (nSPS) is 22.0. The first kappa shape index (κ1) is 23.8. The highest BCUT2D eigenvalue weighted by molar-refractivity contribution is 7.92. The van der Waals surface area contributed by atoms with Gasteiger partial charge in [0.1, 0.15) is 0 Å². The van der Waals surface area contributed by atoms with Gasteiger partial charge in [-0.15, -0.1) is 0 Å². The van der Waals surface area contributed by atoms with Crippen LogP contribution in [0.3, 0.4) is 0 Å². The van der Waals surface area contributed by atoms with Gasteiger partial charge in [0.05, 0.1) is 19.3 Å². The molecule has 11 heteroatoms. The molecule has 1 aliphatic carbocycles. The molecule has 3 rings (SSSR count).